The third kappa shape index (κ3) is 4.62. The number of carbonyl (C=O) groups is 2. The van der Waals surface area contributed by atoms with Gasteiger partial charge in [-0.1, -0.05) is 17.7 Å². The number of aromatic nitrogens is 3. The predicted octanol–water partition coefficient (Wildman–Crippen LogP) is 3.34. The summed E-state index contributed by atoms with van der Waals surface area (Å²) in [6.45, 7) is 7.39. The summed E-state index contributed by atoms with van der Waals surface area (Å²) < 4.78 is 7.06. The van der Waals surface area contributed by atoms with Crippen molar-refractivity contribution in [3.63, 3.8) is 0 Å². The Morgan fingerprint density at radius 3 is 2.61 bits per heavy atom. The summed E-state index contributed by atoms with van der Waals surface area (Å²) in [6, 6.07) is 6.45. The van der Waals surface area contributed by atoms with Crippen LogP contribution in [-0.2, 0) is 11.8 Å². The van der Waals surface area contributed by atoms with Gasteiger partial charge in [-0.15, -0.1) is 0 Å². The van der Waals surface area contributed by atoms with Crippen molar-refractivity contribution in [2.45, 2.75) is 32.9 Å². The molecular weight excluding hydrogens is 512 g/mol. The molecule has 3 N–H and O–H groups in total. The van der Waals surface area contributed by atoms with Gasteiger partial charge >= 0.3 is 12.1 Å². The van der Waals surface area contributed by atoms with Crippen molar-refractivity contribution in [1.29, 1.82) is 0 Å². The molecule has 0 spiro atoms. The van der Waals surface area contributed by atoms with Gasteiger partial charge in [-0.05, 0) is 44.5 Å². The number of carboxylic acid groups (broad SMARTS) is 1. The van der Waals surface area contributed by atoms with Crippen LogP contribution in [0.15, 0.2) is 29.1 Å². The van der Waals surface area contributed by atoms with Crippen molar-refractivity contribution >= 4 is 46.2 Å². The first-order valence-electron chi connectivity index (χ1n) is 12.5. The first-order valence-corrected chi connectivity index (χ1v) is 12.8. The van der Waals surface area contributed by atoms with Crippen molar-refractivity contribution < 1.29 is 19.4 Å². The topological polar surface area (TPSA) is 139 Å². The molecule has 4 atom stereocenters. The highest BCUT2D eigenvalue weighted by Gasteiger charge is 2.59. The SMILES string of the molecule is CCNC(=O)OC1[C@H]2CN(c3nc4c([C@@H](C)Nc5ccc(Cl)nc5C(=O)O)cc(C)cc4c(=O)n3C)C[C@@H]12. The van der Waals surface area contributed by atoms with E-state index in [1.54, 1.807) is 17.7 Å². The molecule has 3 aromatic rings. The summed E-state index contributed by atoms with van der Waals surface area (Å²) in [7, 11) is 1.71. The molecule has 5 rings (SSSR count). The Morgan fingerprint density at radius 1 is 1.24 bits per heavy atom. The number of rotatable bonds is 7. The van der Waals surface area contributed by atoms with Crippen LogP contribution in [0.5, 0.6) is 0 Å². The van der Waals surface area contributed by atoms with E-state index in [0.29, 0.717) is 42.2 Å². The molecule has 2 aliphatic rings. The van der Waals surface area contributed by atoms with Gasteiger partial charge in [0, 0.05) is 44.1 Å². The molecule has 1 saturated heterocycles. The van der Waals surface area contributed by atoms with Crippen LogP contribution in [0.25, 0.3) is 10.9 Å². The fourth-order valence-electron chi connectivity index (χ4n) is 5.30. The number of alkyl carbamates (subject to hydrolysis) is 1. The van der Waals surface area contributed by atoms with E-state index >= 15 is 0 Å². The molecule has 2 aromatic heterocycles. The van der Waals surface area contributed by atoms with Gasteiger partial charge in [0.2, 0.25) is 5.95 Å². The zero-order valence-corrected chi connectivity index (χ0v) is 22.2. The molecule has 38 heavy (non-hydrogen) atoms. The number of halogens is 1. The summed E-state index contributed by atoms with van der Waals surface area (Å²) in [4.78, 5) is 47.9. The fourth-order valence-corrected chi connectivity index (χ4v) is 5.45. The zero-order valence-electron chi connectivity index (χ0n) is 21.5. The van der Waals surface area contributed by atoms with E-state index in [-0.39, 0.29) is 34.3 Å². The molecule has 3 heterocycles. The van der Waals surface area contributed by atoms with E-state index in [1.165, 1.54) is 6.07 Å². The van der Waals surface area contributed by atoms with E-state index in [1.807, 2.05) is 32.9 Å². The fraction of sp³-hybridized carbons (Fsp3) is 0.423. The van der Waals surface area contributed by atoms with Gasteiger partial charge in [0.05, 0.1) is 22.6 Å². The molecule has 0 bridgehead atoms. The molecule has 1 aromatic carbocycles. The normalized spacial score (nSPS) is 20.7. The average molecular weight is 541 g/mol. The summed E-state index contributed by atoms with van der Waals surface area (Å²) in [6.07, 6.45) is -0.521. The van der Waals surface area contributed by atoms with Gasteiger partial charge in [-0.25, -0.2) is 19.6 Å². The Morgan fingerprint density at radius 2 is 1.95 bits per heavy atom. The van der Waals surface area contributed by atoms with E-state index in [9.17, 15) is 19.5 Å². The number of ether oxygens (including phenoxy) is 1. The molecular formula is C26H29ClN6O5. The van der Waals surface area contributed by atoms with Gasteiger partial charge in [-0.3, -0.25) is 9.36 Å². The Bertz CT molecular complexity index is 1500. The number of fused-ring (bicyclic) bond motifs is 2. The Labute approximate surface area is 223 Å². The van der Waals surface area contributed by atoms with Gasteiger partial charge in [0.15, 0.2) is 5.69 Å². The summed E-state index contributed by atoms with van der Waals surface area (Å²) in [5, 5.41) is 16.0. The molecule has 1 aliphatic carbocycles. The Kier molecular flexibility index (Phi) is 6.64. The van der Waals surface area contributed by atoms with Crippen LogP contribution in [0.2, 0.25) is 5.15 Å². The average Bonchev–Trinajstić information content (AvgIpc) is 3.29. The molecule has 2 fully saturated rings. The quantitative estimate of drug-likeness (QED) is 0.385. The molecule has 1 aliphatic heterocycles. The maximum absolute atomic E-state index is 13.4. The monoisotopic (exact) mass is 540 g/mol. The molecule has 12 heteroatoms. The van der Waals surface area contributed by atoms with E-state index < -0.39 is 18.1 Å². The predicted molar refractivity (Wildman–Crippen MR) is 143 cm³/mol. The summed E-state index contributed by atoms with van der Waals surface area (Å²) >= 11 is 5.90. The second kappa shape index (κ2) is 9.79. The number of hydrogen-bond donors (Lipinski definition) is 3. The van der Waals surface area contributed by atoms with Crippen molar-refractivity contribution in [1.82, 2.24) is 19.9 Å². The smallest absolute Gasteiger partial charge is 0.407 e. The third-order valence-electron chi connectivity index (χ3n) is 7.20. The van der Waals surface area contributed by atoms with E-state index in [0.717, 1.165) is 11.1 Å². The van der Waals surface area contributed by atoms with Crippen LogP contribution in [0.4, 0.5) is 16.4 Å². The maximum Gasteiger partial charge on any atom is 0.407 e. The lowest BCUT2D eigenvalue weighted by atomic mass is 10.0. The van der Waals surface area contributed by atoms with Crippen LogP contribution in [0, 0.1) is 18.8 Å². The number of carboxylic acids is 1. The lowest BCUT2D eigenvalue weighted by Crippen LogP contribution is -2.34. The standard InChI is InChI=1S/C26H29ClN6O5/c1-5-28-26(37)38-22-16-10-33(11-17(16)22)25-31-20-14(8-12(2)9-15(20)23(34)32(25)4)13(3)29-18-6-7-19(27)30-21(18)24(35)36/h6-9,13,16-17,22,29H,5,10-11H2,1-4H3,(H,28,37)(H,35,36)/t13-,16-,17+,22?/m1/s1. The van der Waals surface area contributed by atoms with Gasteiger partial charge in [0.25, 0.3) is 5.56 Å². The number of nitrogens with zero attached hydrogens (tertiary/aromatic N) is 4. The number of amides is 1. The first-order chi connectivity index (χ1) is 18.1. The zero-order chi connectivity index (χ0) is 27.3. The Balaban J connectivity index is 1.46. The highest BCUT2D eigenvalue weighted by molar-refractivity contribution is 6.29. The molecule has 1 unspecified atom stereocenters. The number of carbonyl (C=O) groups excluding carboxylic acids is 1. The number of benzene rings is 1. The second-order valence-electron chi connectivity index (χ2n) is 9.86. The second-order valence-corrected chi connectivity index (χ2v) is 10.2. The van der Waals surface area contributed by atoms with Gasteiger partial charge in [-0.2, -0.15) is 0 Å². The lowest BCUT2D eigenvalue weighted by Gasteiger charge is -2.25. The highest BCUT2D eigenvalue weighted by atomic mass is 35.5. The summed E-state index contributed by atoms with van der Waals surface area (Å²) in [5.41, 5.74) is 2.14. The van der Waals surface area contributed by atoms with Crippen molar-refractivity contribution in [2.75, 3.05) is 29.9 Å². The van der Waals surface area contributed by atoms with Gasteiger partial charge < -0.3 is 25.4 Å². The lowest BCUT2D eigenvalue weighted by molar-refractivity contribution is 0.0691. The van der Waals surface area contributed by atoms with Gasteiger partial charge in [0.1, 0.15) is 11.3 Å². The van der Waals surface area contributed by atoms with Crippen LogP contribution >= 0.6 is 11.6 Å². The van der Waals surface area contributed by atoms with E-state index in [4.69, 9.17) is 21.3 Å². The van der Waals surface area contributed by atoms with Crippen molar-refractivity contribution in [3.05, 3.63) is 56.6 Å². The highest BCUT2D eigenvalue weighted by Crippen LogP contribution is 2.48. The molecule has 1 amide bonds. The maximum atomic E-state index is 13.4. The Hall–Kier alpha value is -3.86. The minimum atomic E-state index is -1.20. The minimum absolute atomic E-state index is 0.0821. The summed E-state index contributed by atoms with van der Waals surface area (Å²) in [5.74, 6) is -0.249. The van der Waals surface area contributed by atoms with Crippen molar-refractivity contribution in [3.8, 4) is 0 Å². The number of aromatic carboxylic acids is 1. The molecule has 200 valence electrons. The number of pyridine rings is 1. The first kappa shape index (κ1) is 25.8. The minimum Gasteiger partial charge on any atom is -0.476 e. The molecule has 0 radical (unpaired) electrons. The van der Waals surface area contributed by atoms with Crippen LogP contribution in [0.1, 0.15) is 41.5 Å². The number of anilines is 2. The van der Waals surface area contributed by atoms with Crippen LogP contribution < -0.4 is 21.1 Å². The molecule has 11 nitrogen and oxygen atoms in total. The van der Waals surface area contributed by atoms with Crippen LogP contribution in [0.3, 0.4) is 0 Å². The van der Waals surface area contributed by atoms with E-state index in [2.05, 4.69) is 20.5 Å². The number of hydrogen-bond acceptors (Lipinski definition) is 8. The largest absolute Gasteiger partial charge is 0.476 e. The third-order valence-corrected chi connectivity index (χ3v) is 7.41. The molecule has 1 saturated carbocycles. The number of piperidine rings is 1. The van der Waals surface area contributed by atoms with Crippen molar-refractivity contribution in [2.24, 2.45) is 18.9 Å². The number of aryl methyl sites for hydroxylation is 1. The number of nitrogens with one attached hydrogen (secondary N) is 2. The van der Waals surface area contributed by atoms with Crippen LogP contribution in [-0.4, -0.2) is 57.4 Å².